The van der Waals surface area contributed by atoms with Crippen LogP contribution < -0.4 is 14.8 Å². The second-order valence-corrected chi connectivity index (χ2v) is 6.41. The molecule has 30 heavy (non-hydrogen) atoms. The minimum Gasteiger partial charge on any atom is -0.493 e. The Bertz CT molecular complexity index is 1230. The van der Waals surface area contributed by atoms with Crippen molar-refractivity contribution in [1.82, 2.24) is 9.97 Å². The zero-order valence-electron chi connectivity index (χ0n) is 16.3. The number of nitrogens with one attached hydrogen (secondary N) is 1. The molecule has 0 aliphatic rings. The molecule has 4 aromatic rings. The molecule has 0 fully saturated rings. The number of aromatic nitrogens is 2. The summed E-state index contributed by atoms with van der Waals surface area (Å²) in [7, 11) is 3.15. The van der Waals surface area contributed by atoms with Gasteiger partial charge >= 0.3 is 0 Å². The van der Waals surface area contributed by atoms with Crippen molar-refractivity contribution >= 4 is 28.1 Å². The number of rotatable bonds is 6. The number of methoxy groups -OCH3 is 2. The highest BCUT2D eigenvalue weighted by Crippen LogP contribution is 2.33. The lowest BCUT2D eigenvalue weighted by Crippen LogP contribution is -2.00. The number of hydrogen-bond acceptors (Lipinski definition) is 7. The van der Waals surface area contributed by atoms with E-state index < -0.39 is 4.92 Å². The van der Waals surface area contributed by atoms with E-state index in [1.165, 1.54) is 12.1 Å². The Morgan fingerprint density at radius 3 is 2.33 bits per heavy atom. The third-order valence-corrected chi connectivity index (χ3v) is 4.59. The third-order valence-electron chi connectivity index (χ3n) is 4.59. The van der Waals surface area contributed by atoms with Crippen molar-refractivity contribution in [1.29, 1.82) is 0 Å². The highest BCUT2D eigenvalue weighted by atomic mass is 16.6. The maximum atomic E-state index is 10.9. The van der Waals surface area contributed by atoms with Gasteiger partial charge in [-0.05, 0) is 42.5 Å². The van der Waals surface area contributed by atoms with Gasteiger partial charge in [0.1, 0.15) is 5.82 Å². The SMILES string of the molecule is COc1ccc(-c2nc(Nc3ccc([N+](=O)[O-])cc3)c3ccccc3n2)cc1OC. The quantitative estimate of drug-likeness (QED) is 0.359. The number of nitro benzene ring substituents is 1. The molecule has 0 saturated carbocycles. The molecular formula is C22H18N4O4. The topological polar surface area (TPSA) is 99.4 Å². The number of nitro groups is 1. The number of non-ortho nitro benzene ring substituents is 1. The average molecular weight is 402 g/mol. The van der Waals surface area contributed by atoms with E-state index in [9.17, 15) is 10.1 Å². The molecule has 3 aromatic carbocycles. The molecule has 0 spiro atoms. The molecule has 0 bridgehead atoms. The van der Waals surface area contributed by atoms with Crippen LogP contribution >= 0.6 is 0 Å². The lowest BCUT2D eigenvalue weighted by Gasteiger charge is -2.12. The van der Waals surface area contributed by atoms with Gasteiger partial charge in [0.15, 0.2) is 17.3 Å². The van der Waals surface area contributed by atoms with Crippen LogP contribution in [0.15, 0.2) is 66.7 Å². The van der Waals surface area contributed by atoms with Gasteiger partial charge in [0.05, 0.1) is 24.7 Å². The molecular weight excluding hydrogens is 384 g/mol. The van der Waals surface area contributed by atoms with Crippen molar-refractivity contribution in [3.63, 3.8) is 0 Å². The fraction of sp³-hybridized carbons (Fsp3) is 0.0909. The van der Waals surface area contributed by atoms with E-state index in [0.717, 1.165) is 16.5 Å². The maximum absolute atomic E-state index is 10.9. The minimum absolute atomic E-state index is 0.0270. The van der Waals surface area contributed by atoms with Crippen molar-refractivity contribution in [2.75, 3.05) is 19.5 Å². The van der Waals surface area contributed by atoms with Gasteiger partial charge in [-0.1, -0.05) is 12.1 Å². The van der Waals surface area contributed by atoms with Crippen LogP contribution in [0.4, 0.5) is 17.2 Å². The number of para-hydroxylation sites is 1. The largest absolute Gasteiger partial charge is 0.493 e. The van der Waals surface area contributed by atoms with Gasteiger partial charge in [0.2, 0.25) is 0 Å². The summed E-state index contributed by atoms with van der Waals surface area (Å²) >= 11 is 0. The summed E-state index contributed by atoms with van der Waals surface area (Å²) in [5.74, 6) is 2.31. The molecule has 1 N–H and O–H groups in total. The van der Waals surface area contributed by atoms with Crippen LogP contribution in [0.5, 0.6) is 11.5 Å². The molecule has 1 aromatic heterocycles. The molecule has 1 heterocycles. The van der Waals surface area contributed by atoms with Crippen LogP contribution in [-0.4, -0.2) is 29.1 Å². The molecule has 0 aliphatic heterocycles. The Balaban J connectivity index is 1.79. The summed E-state index contributed by atoms with van der Waals surface area (Å²) in [5, 5.41) is 15.0. The summed E-state index contributed by atoms with van der Waals surface area (Å²) in [4.78, 5) is 19.8. The van der Waals surface area contributed by atoms with Crippen LogP contribution in [0, 0.1) is 10.1 Å². The van der Waals surface area contributed by atoms with Crippen molar-refractivity contribution in [2.45, 2.75) is 0 Å². The summed E-state index contributed by atoms with van der Waals surface area (Å²) in [6, 6.07) is 19.3. The average Bonchev–Trinajstić information content (AvgIpc) is 2.78. The predicted octanol–water partition coefficient (Wildman–Crippen LogP) is 4.97. The van der Waals surface area contributed by atoms with Gasteiger partial charge in [0.25, 0.3) is 5.69 Å². The second kappa shape index (κ2) is 8.04. The first-order chi connectivity index (χ1) is 14.6. The van der Waals surface area contributed by atoms with Crippen molar-refractivity contribution in [2.24, 2.45) is 0 Å². The second-order valence-electron chi connectivity index (χ2n) is 6.41. The normalized spacial score (nSPS) is 10.6. The lowest BCUT2D eigenvalue weighted by molar-refractivity contribution is -0.384. The predicted molar refractivity (Wildman–Crippen MR) is 114 cm³/mol. The molecule has 0 aliphatic carbocycles. The zero-order valence-corrected chi connectivity index (χ0v) is 16.3. The van der Waals surface area contributed by atoms with Crippen molar-refractivity contribution in [3.05, 3.63) is 76.8 Å². The summed E-state index contributed by atoms with van der Waals surface area (Å²) in [6.07, 6.45) is 0. The first kappa shape index (κ1) is 19.1. The maximum Gasteiger partial charge on any atom is 0.269 e. The Hall–Kier alpha value is -4.20. The fourth-order valence-electron chi connectivity index (χ4n) is 3.08. The first-order valence-corrected chi connectivity index (χ1v) is 9.09. The van der Waals surface area contributed by atoms with Crippen LogP contribution in [0.1, 0.15) is 0 Å². The number of nitrogens with zero attached hydrogens (tertiary/aromatic N) is 3. The monoisotopic (exact) mass is 402 g/mol. The fourth-order valence-corrected chi connectivity index (χ4v) is 3.08. The van der Waals surface area contributed by atoms with Crippen LogP contribution in [0.2, 0.25) is 0 Å². The molecule has 0 radical (unpaired) electrons. The molecule has 8 nitrogen and oxygen atoms in total. The molecule has 150 valence electrons. The Morgan fingerprint density at radius 1 is 0.900 bits per heavy atom. The van der Waals surface area contributed by atoms with Gasteiger partial charge in [-0.2, -0.15) is 0 Å². The number of benzene rings is 3. The third kappa shape index (κ3) is 3.70. The molecule has 4 rings (SSSR count). The van der Waals surface area contributed by atoms with E-state index in [1.54, 1.807) is 32.4 Å². The van der Waals surface area contributed by atoms with E-state index in [0.29, 0.717) is 28.8 Å². The lowest BCUT2D eigenvalue weighted by atomic mass is 10.1. The van der Waals surface area contributed by atoms with Gasteiger partial charge in [-0.3, -0.25) is 10.1 Å². The Kier molecular flexibility index (Phi) is 5.13. The van der Waals surface area contributed by atoms with E-state index in [1.807, 2.05) is 36.4 Å². The molecule has 8 heteroatoms. The highest BCUT2D eigenvalue weighted by molar-refractivity contribution is 5.92. The summed E-state index contributed by atoms with van der Waals surface area (Å²) in [6.45, 7) is 0. The van der Waals surface area contributed by atoms with Crippen LogP contribution in [-0.2, 0) is 0 Å². The number of ether oxygens (including phenoxy) is 2. The summed E-state index contributed by atoms with van der Waals surface area (Å²) in [5.41, 5.74) is 2.24. The van der Waals surface area contributed by atoms with E-state index in [4.69, 9.17) is 14.5 Å². The van der Waals surface area contributed by atoms with Gasteiger partial charge in [-0.15, -0.1) is 0 Å². The summed E-state index contributed by atoms with van der Waals surface area (Å²) < 4.78 is 10.7. The molecule has 0 atom stereocenters. The molecule has 0 unspecified atom stereocenters. The smallest absolute Gasteiger partial charge is 0.269 e. The Labute approximate surface area is 172 Å². The standard InChI is InChI=1S/C22H18N4O4/c1-29-19-12-7-14(13-20(19)30-2)21-24-18-6-4-3-5-17(18)22(25-21)23-15-8-10-16(11-9-15)26(27)28/h3-13H,1-2H3,(H,23,24,25). The van der Waals surface area contributed by atoms with E-state index >= 15 is 0 Å². The van der Waals surface area contributed by atoms with Crippen LogP contribution in [0.3, 0.4) is 0 Å². The molecule has 0 saturated heterocycles. The van der Waals surface area contributed by atoms with Gasteiger partial charge < -0.3 is 14.8 Å². The van der Waals surface area contributed by atoms with Gasteiger partial charge in [-0.25, -0.2) is 9.97 Å². The van der Waals surface area contributed by atoms with Crippen molar-refractivity contribution in [3.8, 4) is 22.9 Å². The van der Waals surface area contributed by atoms with E-state index in [-0.39, 0.29) is 5.69 Å². The van der Waals surface area contributed by atoms with E-state index in [2.05, 4.69) is 10.3 Å². The number of hydrogen-bond donors (Lipinski definition) is 1. The number of fused-ring (bicyclic) bond motifs is 1. The Morgan fingerprint density at radius 2 is 1.63 bits per heavy atom. The van der Waals surface area contributed by atoms with Crippen molar-refractivity contribution < 1.29 is 14.4 Å². The van der Waals surface area contributed by atoms with Crippen LogP contribution in [0.25, 0.3) is 22.3 Å². The molecule has 0 amide bonds. The minimum atomic E-state index is -0.432. The number of anilines is 2. The van der Waals surface area contributed by atoms with Gasteiger partial charge in [0, 0.05) is 28.8 Å². The first-order valence-electron chi connectivity index (χ1n) is 9.09. The highest BCUT2D eigenvalue weighted by Gasteiger charge is 2.13. The zero-order chi connectivity index (χ0) is 21.1.